The van der Waals surface area contributed by atoms with Gasteiger partial charge in [-0.15, -0.1) is 0 Å². The van der Waals surface area contributed by atoms with E-state index in [1.54, 1.807) is 0 Å². The number of hydrogen-bond donors (Lipinski definition) is 0. The van der Waals surface area contributed by atoms with Crippen molar-refractivity contribution < 1.29 is 9.31 Å². The Labute approximate surface area is 190 Å². The van der Waals surface area contributed by atoms with Crippen LogP contribution in [0.5, 0.6) is 11.5 Å². The fraction of sp³-hybridized carbons (Fsp3) is 0.571. The number of hydrogen-bond acceptors (Lipinski definition) is 2. The molecule has 2 nitrogen and oxygen atoms in total. The van der Waals surface area contributed by atoms with Crippen molar-refractivity contribution in [2.45, 2.75) is 92.9 Å². The van der Waals surface area contributed by atoms with E-state index >= 15 is 0 Å². The predicted molar refractivity (Wildman–Crippen MR) is 134 cm³/mol. The Morgan fingerprint density at radius 3 is 1.77 bits per heavy atom. The van der Waals surface area contributed by atoms with Gasteiger partial charge in [-0.2, -0.15) is 0 Å². The molecule has 0 unspecified atom stereocenters. The summed E-state index contributed by atoms with van der Waals surface area (Å²) in [6.07, 6.45) is 2.16. The van der Waals surface area contributed by atoms with E-state index in [4.69, 9.17) is 9.31 Å². The van der Waals surface area contributed by atoms with Crippen LogP contribution in [0, 0.1) is 10.8 Å². The van der Waals surface area contributed by atoms with Crippen LogP contribution in [0.25, 0.3) is 0 Å². The molecule has 1 aliphatic rings. The third-order valence-corrected chi connectivity index (χ3v) is 6.04. The predicted octanol–water partition coefficient (Wildman–Crippen LogP) is 7.28. The summed E-state index contributed by atoms with van der Waals surface area (Å²) in [5.74, 6) is 1.80. The summed E-state index contributed by atoms with van der Waals surface area (Å²) in [6.45, 7) is 23.3. The zero-order chi connectivity index (χ0) is 23.2. The first kappa shape index (κ1) is 23.8. The Hall–Kier alpha value is -1.90. The van der Waals surface area contributed by atoms with Gasteiger partial charge in [0.1, 0.15) is 11.5 Å². The second-order valence-corrected chi connectivity index (χ2v) is 13.1. The maximum atomic E-state index is 6.47. The smallest absolute Gasteiger partial charge is 0.519 e. The van der Waals surface area contributed by atoms with Gasteiger partial charge in [0, 0.05) is 11.0 Å². The fourth-order valence-electron chi connectivity index (χ4n) is 5.55. The number of benzene rings is 2. The second kappa shape index (κ2) is 7.91. The van der Waals surface area contributed by atoms with E-state index in [1.165, 1.54) is 11.1 Å². The molecule has 0 radical (unpaired) electrons. The van der Waals surface area contributed by atoms with Crippen LogP contribution in [0.1, 0.15) is 93.2 Å². The lowest BCUT2D eigenvalue weighted by atomic mass is 9.68. The summed E-state index contributed by atoms with van der Waals surface area (Å²) in [5, 5.41) is 0. The highest BCUT2D eigenvalue weighted by molar-refractivity contribution is 6.63. The molecule has 0 atom stereocenters. The van der Waals surface area contributed by atoms with E-state index in [9.17, 15) is 0 Å². The summed E-state index contributed by atoms with van der Waals surface area (Å²) in [6, 6.07) is 14.9. The van der Waals surface area contributed by atoms with Crippen LogP contribution in [-0.2, 0) is 10.8 Å². The van der Waals surface area contributed by atoms with Crippen LogP contribution in [0.4, 0.5) is 0 Å². The molecule has 0 aromatic heterocycles. The van der Waals surface area contributed by atoms with Crippen molar-refractivity contribution >= 4 is 12.6 Å². The topological polar surface area (TPSA) is 18.5 Å². The third-order valence-electron chi connectivity index (χ3n) is 6.04. The van der Waals surface area contributed by atoms with Gasteiger partial charge in [0.25, 0.3) is 0 Å². The molecule has 0 N–H and O–H groups in total. The van der Waals surface area contributed by atoms with Gasteiger partial charge in [0.2, 0.25) is 0 Å². The minimum atomic E-state index is -0.388. The lowest BCUT2D eigenvalue weighted by molar-refractivity contribution is 0.277. The van der Waals surface area contributed by atoms with Crippen LogP contribution >= 0.6 is 0 Å². The van der Waals surface area contributed by atoms with Gasteiger partial charge in [-0.1, -0.05) is 106 Å². The van der Waals surface area contributed by atoms with Gasteiger partial charge in [0.15, 0.2) is 0 Å². The van der Waals surface area contributed by atoms with E-state index < -0.39 is 0 Å². The van der Waals surface area contributed by atoms with E-state index in [1.807, 2.05) is 18.2 Å². The number of rotatable bonds is 5. The molecule has 168 valence electrons. The van der Waals surface area contributed by atoms with Crippen molar-refractivity contribution in [3.63, 3.8) is 0 Å². The maximum Gasteiger partial charge on any atom is 0.632 e. The lowest BCUT2D eigenvalue weighted by Gasteiger charge is -2.37. The number of fused-ring (bicyclic) bond motifs is 1. The summed E-state index contributed by atoms with van der Waals surface area (Å²) >= 11 is 0. The van der Waals surface area contributed by atoms with Crippen molar-refractivity contribution in [3.8, 4) is 11.5 Å². The molecule has 2 aromatic rings. The molecule has 1 heterocycles. The highest BCUT2D eigenvalue weighted by Crippen LogP contribution is 2.49. The molecule has 1 aliphatic heterocycles. The molecular formula is C28H41BO2. The first-order chi connectivity index (χ1) is 14.1. The summed E-state index contributed by atoms with van der Waals surface area (Å²) < 4.78 is 12.9. The zero-order valence-corrected chi connectivity index (χ0v) is 21.3. The average molecular weight is 420 g/mol. The van der Waals surface area contributed by atoms with E-state index in [-0.39, 0.29) is 28.8 Å². The van der Waals surface area contributed by atoms with E-state index in [0.29, 0.717) is 0 Å². The largest absolute Gasteiger partial charge is 0.632 e. The molecule has 0 spiro atoms. The molecule has 0 bridgehead atoms. The van der Waals surface area contributed by atoms with Crippen molar-refractivity contribution in [1.29, 1.82) is 0 Å². The zero-order valence-electron chi connectivity index (χ0n) is 21.3. The summed E-state index contributed by atoms with van der Waals surface area (Å²) in [4.78, 5) is 0. The van der Waals surface area contributed by atoms with E-state index in [2.05, 4.69) is 93.5 Å². The first-order valence-corrected chi connectivity index (χ1v) is 11.6. The molecular weight excluding hydrogens is 379 g/mol. The normalized spacial score (nSPS) is 14.8. The lowest BCUT2D eigenvalue weighted by Crippen LogP contribution is -2.39. The molecule has 2 aromatic carbocycles. The minimum absolute atomic E-state index is 0.0358. The SMILES string of the molecule is CC(C)(C)CC(C)(C)c1cc2c(c(C(C)(C)CC(C)(C)C)c1)OB(c1ccccc1)O2. The maximum absolute atomic E-state index is 6.47. The van der Waals surface area contributed by atoms with Crippen molar-refractivity contribution in [3.05, 3.63) is 53.6 Å². The van der Waals surface area contributed by atoms with Gasteiger partial charge in [-0.25, -0.2) is 0 Å². The van der Waals surface area contributed by atoms with Gasteiger partial charge < -0.3 is 9.31 Å². The van der Waals surface area contributed by atoms with Gasteiger partial charge in [0.05, 0.1) is 0 Å². The Balaban J connectivity index is 2.10. The molecule has 3 rings (SSSR count). The first-order valence-electron chi connectivity index (χ1n) is 11.6. The Morgan fingerprint density at radius 1 is 0.677 bits per heavy atom. The van der Waals surface area contributed by atoms with Gasteiger partial charge >= 0.3 is 7.12 Å². The van der Waals surface area contributed by atoms with Crippen molar-refractivity contribution in [1.82, 2.24) is 0 Å². The molecule has 0 saturated carbocycles. The summed E-state index contributed by atoms with van der Waals surface area (Å²) in [7, 11) is -0.388. The third kappa shape index (κ3) is 5.67. The molecule has 0 fully saturated rings. The van der Waals surface area contributed by atoms with Crippen LogP contribution < -0.4 is 14.8 Å². The van der Waals surface area contributed by atoms with Gasteiger partial charge in [-0.3, -0.25) is 0 Å². The quantitative estimate of drug-likeness (QED) is 0.473. The van der Waals surface area contributed by atoms with Crippen LogP contribution in [0.2, 0.25) is 0 Å². The van der Waals surface area contributed by atoms with Crippen LogP contribution in [-0.4, -0.2) is 7.12 Å². The molecule has 0 saturated heterocycles. The van der Waals surface area contributed by atoms with Crippen molar-refractivity contribution in [2.24, 2.45) is 10.8 Å². The monoisotopic (exact) mass is 420 g/mol. The van der Waals surface area contributed by atoms with Crippen LogP contribution in [0.15, 0.2) is 42.5 Å². The average Bonchev–Trinajstić information content (AvgIpc) is 3.01. The fourth-order valence-corrected chi connectivity index (χ4v) is 5.55. The van der Waals surface area contributed by atoms with Crippen LogP contribution in [0.3, 0.4) is 0 Å². The van der Waals surface area contributed by atoms with E-state index in [0.717, 1.165) is 29.8 Å². The second-order valence-electron chi connectivity index (χ2n) is 13.1. The highest BCUT2D eigenvalue weighted by atomic mass is 16.6. The highest BCUT2D eigenvalue weighted by Gasteiger charge is 2.41. The molecule has 0 amide bonds. The van der Waals surface area contributed by atoms with Crippen molar-refractivity contribution in [2.75, 3.05) is 0 Å². The minimum Gasteiger partial charge on any atom is -0.519 e. The molecule has 0 aliphatic carbocycles. The van der Waals surface area contributed by atoms with Gasteiger partial charge in [-0.05, 0) is 46.1 Å². The Morgan fingerprint density at radius 2 is 1.23 bits per heavy atom. The standard InChI is InChI=1S/C28H41BO2/c1-25(2,3)18-27(7,8)20-16-22(28(9,10)19-26(4,5)6)24-23(17-20)30-29(31-24)21-14-12-11-13-15-21/h11-17H,18-19H2,1-10H3. The Bertz CT molecular complexity index is 915. The Kier molecular flexibility index (Phi) is 6.06. The molecule has 31 heavy (non-hydrogen) atoms. The summed E-state index contributed by atoms with van der Waals surface area (Å²) in [5.41, 5.74) is 4.10. The molecule has 3 heteroatoms.